The summed E-state index contributed by atoms with van der Waals surface area (Å²) in [5, 5.41) is 4.91. The van der Waals surface area contributed by atoms with Crippen LogP contribution in [0.25, 0.3) is 0 Å². The van der Waals surface area contributed by atoms with Crippen molar-refractivity contribution in [1.82, 2.24) is 5.43 Å². The zero-order valence-electron chi connectivity index (χ0n) is 10.6. The fourth-order valence-electron chi connectivity index (χ4n) is 1.55. The highest BCUT2D eigenvalue weighted by Gasteiger charge is 1.92. The van der Waals surface area contributed by atoms with Crippen LogP contribution >= 0.6 is 11.6 Å². The minimum Gasteiger partial charge on any atom is -0.497 e. The van der Waals surface area contributed by atoms with E-state index in [1.807, 2.05) is 48.5 Å². The molecule has 0 spiro atoms. The van der Waals surface area contributed by atoms with Gasteiger partial charge in [0, 0.05) is 5.02 Å². The van der Waals surface area contributed by atoms with Gasteiger partial charge in [-0.25, -0.2) is 0 Å². The van der Waals surface area contributed by atoms with Crippen LogP contribution in [0.2, 0.25) is 5.02 Å². The molecule has 0 saturated heterocycles. The average Bonchev–Trinajstić information content (AvgIpc) is 2.46. The Balaban J connectivity index is 1.84. The topological polar surface area (TPSA) is 33.6 Å². The number of hydrazone groups is 1. The van der Waals surface area contributed by atoms with E-state index in [2.05, 4.69) is 10.5 Å². The van der Waals surface area contributed by atoms with Gasteiger partial charge >= 0.3 is 0 Å². The van der Waals surface area contributed by atoms with Crippen LogP contribution in [0.4, 0.5) is 0 Å². The van der Waals surface area contributed by atoms with E-state index in [9.17, 15) is 0 Å². The molecule has 0 heterocycles. The first kappa shape index (κ1) is 13.4. The summed E-state index contributed by atoms with van der Waals surface area (Å²) in [6.45, 7) is 0.670. The second-order valence-electron chi connectivity index (χ2n) is 3.99. The van der Waals surface area contributed by atoms with Gasteiger partial charge in [-0.3, -0.25) is 0 Å². The van der Waals surface area contributed by atoms with Crippen molar-refractivity contribution in [2.24, 2.45) is 5.10 Å². The predicted molar refractivity (Wildman–Crippen MR) is 78.9 cm³/mol. The minimum absolute atomic E-state index is 0.670. The van der Waals surface area contributed by atoms with Gasteiger partial charge in [0.25, 0.3) is 0 Å². The normalized spacial score (nSPS) is 10.6. The SMILES string of the molecule is COc1ccc(/C=N\NCc2ccc(Cl)cc2)cc1. The Morgan fingerprint density at radius 2 is 1.79 bits per heavy atom. The van der Waals surface area contributed by atoms with Crippen LogP contribution in [0.1, 0.15) is 11.1 Å². The van der Waals surface area contributed by atoms with Crippen LogP contribution < -0.4 is 10.2 Å². The first-order valence-electron chi connectivity index (χ1n) is 5.92. The summed E-state index contributed by atoms with van der Waals surface area (Å²) in [6.07, 6.45) is 1.77. The molecule has 3 nitrogen and oxygen atoms in total. The largest absolute Gasteiger partial charge is 0.497 e. The van der Waals surface area contributed by atoms with Crippen molar-refractivity contribution >= 4 is 17.8 Å². The summed E-state index contributed by atoms with van der Waals surface area (Å²) in [7, 11) is 1.65. The second-order valence-corrected chi connectivity index (χ2v) is 4.43. The Bertz CT molecular complexity index is 535. The lowest BCUT2D eigenvalue weighted by Gasteiger charge is -2.01. The maximum absolute atomic E-state index is 5.82. The molecule has 1 N–H and O–H groups in total. The van der Waals surface area contributed by atoms with Crippen LogP contribution in [0.3, 0.4) is 0 Å². The van der Waals surface area contributed by atoms with E-state index in [1.165, 1.54) is 0 Å². The van der Waals surface area contributed by atoms with Crippen LogP contribution in [-0.2, 0) is 6.54 Å². The Morgan fingerprint density at radius 3 is 2.42 bits per heavy atom. The van der Waals surface area contributed by atoms with E-state index >= 15 is 0 Å². The molecular weight excluding hydrogens is 260 g/mol. The van der Waals surface area contributed by atoms with Crippen molar-refractivity contribution in [3.63, 3.8) is 0 Å². The number of methoxy groups -OCH3 is 1. The Labute approximate surface area is 117 Å². The van der Waals surface area contributed by atoms with Gasteiger partial charge in [-0.05, 0) is 47.5 Å². The summed E-state index contributed by atoms with van der Waals surface area (Å²) >= 11 is 5.82. The number of nitrogens with one attached hydrogen (secondary N) is 1. The summed E-state index contributed by atoms with van der Waals surface area (Å²) in [5.74, 6) is 0.839. The molecule has 19 heavy (non-hydrogen) atoms. The predicted octanol–water partition coefficient (Wildman–Crippen LogP) is 3.47. The molecule has 0 aliphatic carbocycles. The number of halogens is 1. The highest BCUT2D eigenvalue weighted by atomic mass is 35.5. The number of nitrogens with zero attached hydrogens (tertiary/aromatic N) is 1. The maximum atomic E-state index is 5.82. The van der Waals surface area contributed by atoms with Gasteiger partial charge in [0.1, 0.15) is 5.75 Å². The summed E-state index contributed by atoms with van der Waals surface area (Å²) < 4.78 is 5.09. The molecule has 0 bridgehead atoms. The molecule has 0 amide bonds. The van der Waals surface area contributed by atoms with Crippen molar-refractivity contribution in [2.75, 3.05) is 7.11 Å². The molecule has 0 radical (unpaired) electrons. The van der Waals surface area contributed by atoms with Gasteiger partial charge in [-0.1, -0.05) is 23.7 Å². The van der Waals surface area contributed by atoms with Crippen LogP contribution in [0, 0.1) is 0 Å². The highest BCUT2D eigenvalue weighted by molar-refractivity contribution is 6.30. The smallest absolute Gasteiger partial charge is 0.118 e. The molecule has 2 rings (SSSR count). The lowest BCUT2D eigenvalue weighted by molar-refractivity contribution is 0.415. The summed E-state index contributed by atoms with van der Waals surface area (Å²) in [5.41, 5.74) is 5.15. The highest BCUT2D eigenvalue weighted by Crippen LogP contribution is 2.10. The lowest BCUT2D eigenvalue weighted by atomic mass is 10.2. The van der Waals surface area contributed by atoms with Gasteiger partial charge in [0.2, 0.25) is 0 Å². The van der Waals surface area contributed by atoms with Gasteiger partial charge in [0.05, 0.1) is 19.9 Å². The number of ether oxygens (including phenoxy) is 1. The lowest BCUT2D eigenvalue weighted by Crippen LogP contribution is -2.05. The standard InChI is InChI=1S/C15H15ClN2O/c1-19-15-8-4-13(5-9-15)11-18-17-10-12-2-6-14(16)7-3-12/h2-9,11,17H,10H2,1H3/b18-11-. The molecule has 2 aromatic rings. The molecular formula is C15H15ClN2O. The van der Waals surface area contributed by atoms with E-state index in [4.69, 9.17) is 16.3 Å². The van der Waals surface area contributed by atoms with Crippen molar-refractivity contribution in [3.05, 3.63) is 64.7 Å². The van der Waals surface area contributed by atoms with Crippen molar-refractivity contribution in [2.45, 2.75) is 6.54 Å². The number of benzene rings is 2. The third-order valence-electron chi connectivity index (χ3n) is 2.62. The third kappa shape index (κ3) is 4.30. The number of hydrogen-bond donors (Lipinski definition) is 1. The quantitative estimate of drug-likeness (QED) is 0.669. The monoisotopic (exact) mass is 274 g/mol. The molecule has 0 fully saturated rings. The molecule has 0 saturated carbocycles. The van der Waals surface area contributed by atoms with E-state index in [0.717, 1.165) is 21.9 Å². The molecule has 0 atom stereocenters. The average molecular weight is 275 g/mol. The number of rotatable bonds is 5. The molecule has 0 unspecified atom stereocenters. The van der Waals surface area contributed by atoms with E-state index in [1.54, 1.807) is 13.3 Å². The van der Waals surface area contributed by atoms with Gasteiger partial charge in [-0.2, -0.15) is 5.10 Å². The fraction of sp³-hybridized carbons (Fsp3) is 0.133. The van der Waals surface area contributed by atoms with Crippen LogP contribution in [0.5, 0.6) is 5.75 Å². The van der Waals surface area contributed by atoms with Crippen molar-refractivity contribution < 1.29 is 4.74 Å². The first-order chi connectivity index (χ1) is 9.28. The van der Waals surface area contributed by atoms with Gasteiger partial charge in [-0.15, -0.1) is 0 Å². The molecule has 0 aliphatic heterocycles. The third-order valence-corrected chi connectivity index (χ3v) is 2.87. The Kier molecular flexibility index (Phi) is 4.81. The van der Waals surface area contributed by atoms with Gasteiger partial charge < -0.3 is 10.2 Å². The molecule has 4 heteroatoms. The molecule has 2 aromatic carbocycles. The van der Waals surface area contributed by atoms with Crippen molar-refractivity contribution in [1.29, 1.82) is 0 Å². The summed E-state index contributed by atoms with van der Waals surface area (Å²) in [6, 6.07) is 15.4. The van der Waals surface area contributed by atoms with Crippen molar-refractivity contribution in [3.8, 4) is 5.75 Å². The van der Waals surface area contributed by atoms with Crippen LogP contribution in [0.15, 0.2) is 53.6 Å². The molecule has 0 aromatic heterocycles. The fourth-order valence-corrected chi connectivity index (χ4v) is 1.68. The maximum Gasteiger partial charge on any atom is 0.118 e. The van der Waals surface area contributed by atoms with E-state index < -0.39 is 0 Å². The minimum atomic E-state index is 0.670. The van der Waals surface area contributed by atoms with E-state index in [-0.39, 0.29) is 0 Å². The summed E-state index contributed by atoms with van der Waals surface area (Å²) in [4.78, 5) is 0. The van der Waals surface area contributed by atoms with E-state index in [0.29, 0.717) is 6.54 Å². The Hall–Kier alpha value is -2.00. The molecule has 0 aliphatic rings. The van der Waals surface area contributed by atoms with Crippen LogP contribution in [-0.4, -0.2) is 13.3 Å². The second kappa shape index (κ2) is 6.81. The zero-order valence-corrected chi connectivity index (χ0v) is 11.4. The molecule has 98 valence electrons. The number of hydrogen-bond acceptors (Lipinski definition) is 3. The van der Waals surface area contributed by atoms with Gasteiger partial charge in [0.15, 0.2) is 0 Å². The first-order valence-corrected chi connectivity index (χ1v) is 6.30. The Morgan fingerprint density at radius 1 is 1.11 bits per heavy atom. The zero-order chi connectivity index (χ0) is 13.5.